The molecule has 0 aliphatic carbocycles. The molecule has 3 heterocycles. The van der Waals surface area contributed by atoms with Gasteiger partial charge in [-0.15, -0.1) is 0 Å². The van der Waals surface area contributed by atoms with Crippen LogP contribution in [0.15, 0.2) is 82.7 Å². The van der Waals surface area contributed by atoms with Crippen LogP contribution in [0.25, 0.3) is 6.08 Å². The number of hydrazone groups is 1. The number of rotatable bonds is 9. The quantitative estimate of drug-likeness (QED) is 0.323. The molecule has 0 fully saturated rings. The third kappa shape index (κ3) is 5.37. The summed E-state index contributed by atoms with van der Waals surface area (Å²) in [5.74, 6) is 1.84. The van der Waals surface area contributed by atoms with Crippen LogP contribution in [-0.2, 0) is 4.79 Å². The van der Waals surface area contributed by atoms with Crippen LogP contribution in [0, 0.1) is 5.41 Å². The average Bonchev–Trinajstić information content (AvgIpc) is 3.38. The summed E-state index contributed by atoms with van der Waals surface area (Å²) in [6, 6.07) is 16.2. The molecule has 2 aromatic carbocycles. The molecule has 11 heteroatoms. The predicted molar refractivity (Wildman–Crippen MR) is 145 cm³/mol. The lowest BCUT2D eigenvalue weighted by Gasteiger charge is -2.20. The van der Waals surface area contributed by atoms with Crippen LogP contribution in [0.2, 0.25) is 0 Å². The molecule has 1 N–H and O–H groups in total. The molecule has 0 atom stereocenters. The average molecular weight is 530 g/mol. The van der Waals surface area contributed by atoms with Gasteiger partial charge in [0, 0.05) is 24.0 Å². The van der Waals surface area contributed by atoms with Crippen molar-refractivity contribution in [2.24, 2.45) is 10.1 Å². The molecule has 38 heavy (non-hydrogen) atoms. The second-order valence-corrected chi connectivity index (χ2v) is 8.90. The molecule has 1 aromatic heterocycles. The number of aromatic nitrogens is 1. The second-order valence-electron chi connectivity index (χ2n) is 7.95. The van der Waals surface area contributed by atoms with Crippen LogP contribution < -0.4 is 18.9 Å². The van der Waals surface area contributed by atoms with Gasteiger partial charge in [-0.25, -0.2) is 0 Å². The molecule has 0 spiro atoms. The lowest BCUT2D eigenvalue weighted by molar-refractivity contribution is -0.114. The maximum atomic E-state index is 12.8. The first-order valence-electron chi connectivity index (χ1n) is 11.5. The van der Waals surface area contributed by atoms with Crippen molar-refractivity contribution >= 4 is 39.8 Å². The number of carbonyl (C=O) groups is 1. The Morgan fingerprint density at radius 2 is 1.74 bits per heavy atom. The molecule has 0 saturated heterocycles. The molecule has 10 nitrogen and oxygen atoms in total. The summed E-state index contributed by atoms with van der Waals surface area (Å²) >= 11 is 1.24. The van der Waals surface area contributed by atoms with Crippen LogP contribution >= 0.6 is 11.8 Å². The Labute approximate surface area is 223 Å². The number of methoxy groups -OCH3 is 2. The van der Waals surface area contributed by atoms with Crippen LogP contribution in [0.1, 0.15) is 11.1 Å². The third-order valence-corrected chi connectivity index (χ3v) is 6.49. The molecule has 0 bridgehead atoms. The van der Waals surface area contributed by atoms with Crippen molar-refractivity contribution in [1.29, 1.82) is 5.41 Å². The minimum Gasteiger partial charge on any atom is -0.497 e. The van der Waals surface area contributed by atoms with E-state index in [9.17, 15) is 4.79 Å². The highest BCUT2D eigenvalue weighted by Crippen LogP contribution is 2.32. The van der Waals surface area contributed by atoms with Gasteiger partial charge in [-0.05, 0) is 59.8 Å². The fourth-order valence-corrected chi connectivity index (χ4v) is 4.56. The lowest BCUT2D eigenvalue weighted by Crippen LogP contribution is -2.35. The molecule has 3 aromatic rings. The molecule has 0 saturated carbocycles. The van der Waals surface area contributed by atoms with Gasteiger partial charge in [0.1, 0.15) is 29.8 Å². The summed E-state index contributed by atoms with van der Waals surface area (Å²) in [5.41, 5.74) is 1.61. The number of nitrogens with one attached hydrogen (secondary N) is 1. The van der Waals surface area contributed by atoms with Gasteiger partial charge < -0.3 is 18.9 Å². The minimum atomic E-state index is -0.506. The number of amidine groups is 2. The van der Waals surface area contributed by atoms with Crippen LogP contribution in [0.3, 0.4) is 0 Å². The standard InChI is InChI=1S/C27H23N5O5S/c1-34-19-4-3-5-20(16-19)36-12-13-37-22-7-6-17(15-23(22)35-2)14-21-24(28)32-27(30-25(21)33)38-26(31-32)18-8-10-29-11-9-18/h3-11,14-16,28H,12-13H2,1-2H3/b21-14-,28-24?. The molecule has 192 valence electrons. The second kappa shape index (κ2) is 11.2. The van der Waals surface area contributed by atoms with Gasteiger partial charge in [-0.1, -0.05) is 12.1 Å². The maximum absolute atomic E-state index is 12.8. The normalized spacial score (nSPS) is 15.6. The van der Waals surface area contributed by atoms with Crippen molar-refractivity contribution in [3.63, 3.8) is 0 Å². The van der Waals surface area contributed by atoms with Crippen molar-refractivity contribution in [3.05, 3.63) is 83.7 Å². The van der Waals surface area contributed by atoms with E-state index in [4.69, 9.17) is 24.4 Å². The monoisotopic (exact) mass is 529 g/mol. The fourth-order valence-electron chi connectivity index (χ4n) is 3.67. The number of pyridine rings is 1. The third-order valence-electron chi connectivity index (χ3n) is 5.53. The Kier molecular flexibility index (Phi) is 7.36. The molecule has 2 aliphatic rings. The van der Waals surface area contributed by atoms with E-state index in [0.717, 1.165) is 5.56 Å². The van der Waals surface area contributed by atoms with E-state index in [2.05, 4.69) is 15.1 Å². The highest BCUT2D eigenvalue weighted by atomic mass is 32.2. The Hall–Kier alpha value is -4.64. The topological polar surface area (TPSA) is 119 Å². The molecule has 5 rings (SSSR count). The van der Waals surface area contributed by atoms with Gasteiger partial charge in [0.05, 0.1) is 19.8 Å². The molecule has 0 radical (unpaired) electrons. The van der Waals surface area contributed by atoms with Gasteiger partial charge >= 0.3 is 0 Å². The smallest absolute Gasteiger partial charge is 0.283 e. The zero-order chi connectivity index (χ0) is 26.5. The number of carbonyl (C=O) groups excluding carboxylic acids is 1. The van der Waals surface area contributed by atoms with Crippen molar-refractivity contribution in [2.75, 3.05) is 27.4 Å². The van der Waals surface area contributed by atoms with E-state index in [1.165, 1.54) is 23.9 Å². The summed E-state index contributed by atoms with van der Waals surface area (Å²) in [7, 11) is 3.14. The van der Waals surface area contributed by atoms with Gasteiger partial charge in [0.25, 0.3) is 5.91 Å². The number of thioether (sulfide) groups is 1. The maximum Gasteiger partial charge on any atom is 0.283 e. The first-order valence-corrected chi connectivity index (χ1v) is 12.4. The largest absolute Gasteiger partial charge is 0.497 e. The molecular weight excluding hydrogens is 506 g/mol. The van der Waals surface area contributed by atoms with Crippen LogP contribution in [-0.4, -0.2) is 59.4 Å². The van der Waals surface area contributed by atoms with E-state index in [1.807, 2.05) is 30.3 Å². The SMILES string of the molecule is COc1cccc(OCCOc2ccc(/C=C3/C(=N)N4N=C(c5ccncc5)SC4=NC3=O)cc2OC)c1. The van der Waals surface area contributed by atoms with Crippen LogP contribution in [0.5, 0.6) is 23.0 Å². The van der Waals surface area contributed by atoms with Gasteiger partial charge in [0.2, 0.25) is 5.17 Å². The molecule has 2 aliphatic heterocycles. The molecular formula is C27H23N5O5S. The van der Waals surface area contributed by atoms with Crippen LogP contribution in [0.4, 0.5) is 0 Å². The summed E-state index contributed by atoms with van der Waals surface area (Å²) in [6.45, 7) is 0.614. The van der Waals surface area contributed by atoms with Gasteiger partial charge in [-0.3, -0.25) is 15.2 Å². The zero-order valence-electron chi connectivity index (χ0n) is 20.6. The Morgan fingerprint density at radius 3 is 2.53 bits per heavy atom. The summed E-state index contributed by atoms with van der Waals surface area (Å²) < 4.78 is 22.2. The highest BCUT2D eigenvalue weighted by molar-refractivity contribution is 8.27. The molecule has 0 unspecified atom stereocenters. The minimum absolute atomic E-state index is 0.0504. The number of ether oxygens (including phenoxy) is 4. The number of hydrogen-bond donors (Lipinski definition) is 1. The Morgan fingerprint density at radius 1 is 0.947 bits per heavy atom. The Balaban J connectivity index is 1.27. The first-order chi connectivity index (χ1) is 18.6. The first kappa shape index (κ1) is 25.0. The zero-order valence-corrected chi connectivity index (χ0v) is 21.4. The molecule has 1 amide bonds. The van der Waals surface area contributed by atoms with Crippen molar-refractivity contribution in [3.8, 4) is 23.0 Å². The number of amides is 1. The summed E-state index contributed by atoms with van der Waals surface area (Å²) in [6.07, 6.45) is 4.91. The predicted octanol–water partition coefficient (Wildman–Crippen LogP) is 4.22. The summed E-state index contributed by atoms with van der Waals surface area (Å²) in [4.78, 5) is 20.9. The number of fused-ring (bicyclic) bond motifs is 1. The lowest BCUT2D eigenvalue weighted by atomic mass is 10.1. The van der Waals surface area contributed by atoms with Crippen molar-refractivity contribution < 1.29 is 23.7 Å². The number of benzene rings is 2. The van der Waals surface area contributed by atoms with Gasteiger partial charge in [0.15, 0.2) is 17.3 Å². The number of aliphatic imine (C=N–C) groups is 1. The van der Waals surface area contributed by atoms with Crippen molar-refractivity contribution in [2.45, 2.75) is 0 Å². The van der Waals surface area contributed by atoms with Gasteiger partial charge in [-0.2, -0.15) is 15.1 Å². The number of hydrogen-bond acceptors (Lipinski definition) is 9. The van der Waals surface area contributed by atoms with Crippen molar-refractivity contribution in [1.82, 2.24) is 9.99 Å². The van der Waals surface area contributed by atoms with E-state index in [0.29, 0.717) is 52.0 Å². The van der Waals surface area contributed by atoms with E-state index in [1.54, 1.807) is 49.8 Å². The Bertz CT molecular complexity index is 1470. The van der Waals surface area contributed by atoms with E-state index in [-0.39, 0.29) is 11.4 Å². The van der Waals surface area contributed by atoms with E-state index < -0.39 is 5.91 Å². The van der Waals surface area contributed by atoms with E-state index >= 15 is 0 Å². The fraction of sp³-hybridized carbons (Fsp3) is 0.148. The number of nitrogens with zero attached hydrogens (tertiary/aromatic N) is 4. The summed E-state index contributed by atoms with van der Waals surface area (Å²) in [5, 5.41) is 15.4. The highest BCUT2D eigenvalue weighted by Gasteiger charge is 2.36.